The van der Waals surface area contributed by atoms with E-state index in [0.29, 0.717) is 0 Å². The summed E-state index contributed by atoms with van der Waals surface area (Å²) in [5, 5.41) is 6.90. The van der Waals surface area contributed by atoms with Gasteiger partial charge in [0.15, 0.2) is 0 Å². The average molecular weight is 215 g/mol. The van der Waals surface area contributed by atoms with E-state index in [2.05, 4.69) is 41.0 Å². The Morgan fingerprint density at radius 3 is 3.07 bits per heavy atom. The van der Waals surface area contributed by atoms with Crippen molar-refractivity contribution in [2.45, 2.75) is 6.42 Å². The van der Waals surface area contributed by atoms with Crippen molar-refractivity contribution in [2.24, 2.45) is 0 Å². The molecule has 2 heterocycles. The van der Waals surface area contributed by atoms with Gasteiger partial charge in [-0.3, -0.25) is 0 Å². The Morgan fingerprint density at radius 1 is 1.20 bits per heavy atom. The lowest BCUT2D eigenvalue weighted by Crippen LogP contribution is -2.19. The van der Waals surface area contributed by atoms with Gasteiger partial charge < -0.3 is 5.32 Å². The molecule has 1 aromatic carbocycles. The summed E-state index contributed by atoms with van der Waals surface area (Å²) in [7, 11) is 0. The van der Waals surface area contributed by atoms with Gasteiger partial charge in [0.25, 0.3) is 0 Å². The fourth-order valence-electron chi connectivity index (χ4n) is 2.11. The fourth-order valence-corrected chi connectivity index (χ4v) is 3.06. The zero-order valence-electron chi connectivity index (χ0n) is 8.49. The Kier molecular flexibility index (Phi) is 2.31. The summed E-state index contributed by atoms with van der Waals surface area (Å²) in [4.78, 5) is 0. The normalized spacial score (nSPS) is 16.7. The number of fused-ring (bicyclic) bond motifs is 1. The van der Waals surface area contributed by atoms with Crippen LogP contribution in [0.25, 0.3) is 15.7 Å². The second kappa shape index (κ2) is 3.80. The van der Waals surface area contributed by atoms with E-state index in [1.807, 2.05) is 11.3 Å². The van der Waals surface area contributed by atoms with Crippen molar-refractivity contribution < 1.29 is 0 Å². The van der Waals surface area contributed by atoms with Crippen molar-refractivity contribution in [2.75, 3.05) is 13.1 Å². The molecule has 1 aromatic heterocycles. The van der Waals surface area contributed by atoms with Crippen molar-refractivity contribution in [3.05, 3.63) is 41.3 Å². The first-order valence-corrected chi connectivity index (χ1v) is 6.19. The van der Waals surface area contributed by atoms with Crippen molar-refractivity contribution in [3.63, 3.8) is 0 Å². The van der Waals surface area contributed by atoms with Crippen LogP contribution in [0.1, 0.15) is 12.0 Å². The highest BCUT2D eigenvalue weighted by molar-refractivity contribution is 7.17. The Hall–Kier alpha value is -1.12. The highest BCUT2D eigenvalue weighted by Gasteiger charge is 2.09. The standard InChI is InChI=1S/C13H13NS/c1-2-11-6-9-15-13(11)12(3-1)10-4-7-14-8-5-10/h1-4,6,9,14H,5,7-8H2. The van der Waals surface area contributed by atoms with Crippen molar-refractivity contribution in [1.82, 2.24) is 5.32 Å². The third-order valence-electron chi connectivity index (χ3n) is 2.89. The number of benzene rings is 1. The maximum atomic E-state index is 3.35. The van der Waals surface area contributed by atoms with Crippen LogP contribution in [0.5, 0.6) is 0 Å². The minimum absolute atomic E-state index is 1.01. The van der Waals surface area contributed by atoms with Crippen LogP contribution in [0.3, 0.4) is 0 Å². The highest BCUT2D eigenvalue weighted by atomic mass is 32.1. The lowest BCUT2D eigenvalue weighted by molar-refractivity contribution is 0.739. The first-order chi connectivity index (χ1) is 7.45. The molecule has 0 saturated carbocycles. The molecule has 0 atom stereocenters. The van der Waals surface area contributed by atoms with E-state index in [1.165, 1.54) is 21.2 Å². The second-order valence-electron chi connectivity index (χ2n) is 3.83. The van der Waals surface area contributed by atoms with Crippen LogP contribution in [0.4, 0.5) is 0 Å². The number of rotatable bonds is 1. The second-order valence-corrected chi connectivity index (χ2v) is 4.74. The van der Waals surface area contributed by atoms with Crippen LogP contribution >= 0.6 is 11.3 Å². The van der Waals surface area contributed by atoms with E-state index >= 15 is 0 Å². The SMILES string of the molecule is C1=C(c2cccc3ccsc23)CCNC1. The predicted molar refractivity (Wildman–Crippen MR) is 67.3 cm³/mol. The van der Waals surface area contributed by atoms with Crippen LogP contribution in [-0.4, -0.2) is 13.1 Å². The van der Waals surface area contributed by atoms with E-state index in [1.54, 1.807) is 0 Å². The van der Waals surface area contributed by atoms with E-state index < -0.39 is 0 Å². The lowest BCUT2D eigenvalue weighted by atomic mass is 9.99. The average Bonchev–Trinajstić information content (AvgIpc) is 2.78. The zero-order valence-corrected chi connectivity index (χ0v) is 9.31. The molecular formula is C13H13NS. The van der Waals surface area contributed by atoms with Gasteiger partial charge in [-0.15, -0.1) is 11.3 Å². The van der Waals surface area contributed by atoms with Crippen molar-refractivity contribution in [1.29, 1.82) is 0 Å². The summed E-state index contributed by atoms with van der Waals surface area (Å²) >= 11 is 1.85. The van der Waals surface area contributed by atoms with Crippen LogP contribution in [-0.2, 0) is 0 Å². The predicted octanol–water partition coefficient (Wildman–Crippen LogP) is 3.28. The minimum Gasteiger partial charge on any atom is -0.313 e. The first-order valence-electron chi connectivity index (χ1n) is 5.31. The molecule has 3 rings (SSSR count). The maximum Gasteiger partial charge on any atom is 0.0417 e. The molecule has 76 valence electrons. The number of nitrogens with one attached hydrogen (secondary N) is 1. The third kappa shape index (κ3) is 1.60. The minimum atomic E-state index is 1.01. The molecule has 0 radical (unpaired) electrons. The molecule has 2 heteroatoms. The van der Waals surface area contributed by atoms with E-state index in [0.717, 1.165) is 19.5 Å². The molecule has 15 heavy (non-hydrogen) atoms. The van der Waals surface area contributed by atoms with Gasteiger partial charge in [-0.1, -0.05) is 24.3 Å². The monoisotopic (exact) mass is 215 g/mol. The Bertz CT molecular complexity index is 510. The van der Waals surface area contributed by atoms with Gasteiger partial charge in [0.1, 0.15) is 0 Å². The summed E-state index contributed by atoms with van der Waals surface area (Å²) in [5.74, 6) is 0. The van der Waals surface area contributed by atoms with E-state index in [9.17, 15) is 0 Å². The van der Waals surface area contributed by atoms with Crippen molar-refractivity contribution >= 4 is 27.0 Å². The smallest absolute Gasteiger partial charge is 0.0417 e. The van der Waals surface area contributed by atoms with Gasteiger partial charge in [0.2, 0.25) is 0 Å². The van der Waals surface area contributed by atoms with Gasteiger partial charge in [-0.2, -0.15) is 0 Å². The number of hydrogen-bond acceptors (Lipinski definition) is 2. The summed E-state index contributed by atoms with van der Waals surface area (Å²) < 4.78 is 1.44. The quantitative estimate of drug-likeness (QED) is 0.769. The number of thiophene rings is 1. The molecule has 1 aliphatic rings. The molecule has 0 fully saturated rings. The summed E-state index contributed by atoms with van der Waals surface area (Å²) in [6.07, 6.45) is 3.47. The zero-order chi connectivity index (χ0) is 10.1. The van der Waals surface area contributed by atoms with E-state index in [4.69, 9.17) is 0 Å². The van der Waals surface area contributed by atoms with Gasteiger partial charge in [0, 0.05) is 11.2 Å². The molecule has 0 amide bonds. The Balaban J connectivity index is 2.17. The Labute approximate surface area is 93.4 Å². The molecule has 2 aromatic rings. The number of hydrogen-bond donors (Lipinski definition) is 1. The summed E-state index contributed by atoms with van der Waals surface area (Å²) in [6, 6.07) is 8.80. The van der Waals surface area contributed by atoms with Crippen LogP contribution < -0.4 is 5.32 Å². The van der Waals surface area contributed by atoms with E-state index in [-0.39, 0.29) is 0 Å². The van der Waals surface area contributed by atoms with Gasteiger partial charge >= 0.3 is 0 Å². The molecule has 0 bridgehead atoms. The van der Waals surface area contributed by atoms with Crippen LogP contribution in [0.15, 0.2) is 35.7 Å². The van der Waals surface area contributed by atoms with Crippen LogP contribution in [0, 0.1) is 0 Å². The fraction of sp³-hybridized carbons (Fsp3) is 0.231. The molecule has 0 saturated heterocycles. The molecule has 0 spiro atoms. The first kappa shape index (κ1) is 9.13. The molecule has 1 N–H and O–H groups in total. The maximum absolute atomic E-state index is 3.35. The molecule has 1 nitrogen and oxygen atoms in total. The largest absolute Gasteiger partial charge is 0.313 e. The molecular weight excluding hydrogens is 202 g/mol. The van der Waals surface area contributed by atoms with Gasteiger partial charge in [-0.25, -0.2) is 0 Å². The van der Waals surface area contributed by atoms with Crippen LogP contribution in [0.2, 0.25) is 0 Å². The lowest BCUT2D eigenvalue weighted by Gasteiger charge is -2.14. The van der Waals surface area contributed by atoms with Gasteiger partial charge in [0.05, 0.1) is 0 Å². The molecule has 0 unspecified atom stereocenters. The Morgan fingerprint density at radius 2 is 2.20 bits per heavy atom. The third-order valence-corrected chi connectivity index (χ3v) is 3.85. The summed E-state index contributed by atoms with van der Waals surface area (Å²) in [5.41, 5.74) is 2.94. The molecule has 0 aliphatic carbocycles. The summed E-state index contributed by atoms with van der Waals surface area (Å²) in [6.45, 7) is 2.12. The van der Waals surface area contributed by atoms with Gasteiger partial charge in [-0.05, 0) is 40.9 Å². The highest BCUT2D eigenvalue weighted by Crippen LogP contribution is 2.31. The van der Waals surface area contributed by atoms with Crippen molar-refractivity contribution in [3.8, 4) is 0 Å². The topological polar surface area (TPSA) is 12.0 Å². The molecule has 1 aliphatic heterocycles.